The lowest BCUT2D eigenvalue weighted by molar-refractivity contribution is -0.140. The zero-order chi connectivity index (χ0) is 33.2. The van der Waals surface area contributed by atoms with Crippen molar-refractivity contribution < 1.29 is 22.8 Å². The van der Waals surface area contributed by atoms with Gasteiger partial charge in [-0.1, -0.05) is 6.07 Å². The molecule has 15 heteroatoms. The van der Waals surface area contributed by atoms with E-state index in [1.165, 1.54) is 12.3 Å². The Morgan fingerprint density at radius 1 is 1.09 bits per heavy atom. The van der Waals surface area contributed by atoms with Crippen LogP contribution in [0.15, 0.2) is 46.8 Å². The van der Waals surface area contributed by atoms with Gasteiger partial charge in [-0.3, -0.25) is 14.9 Å². The van der Waals surface area contributed by atoms with Crippen molar-refractivity contribution in [3.8, 4) is 21.7 Å². The second-order valence-corrected chi connectivity index (χ2v) is 12.2. The molecule has 0 aliphatic carbocycles. The number of halogens is 3. The molecule has 244 valence electrons. The SMILES string of the molecule is CCNC(=O)Nc1cc(-c2nc(C(F)(F)F)cs2)c(-c2ccc3c(c2)c(=O)c(C(=O)N2CCN(C)CC2)cn3CCN(C)C)cn1. The quantitative estimate of drug-likeness (QED) is 0.291. The molecule has 4 heterocycles. The molecule has 2 N–H and O–H groups in total. The molecule has 1 aliphatic rings. The number of nitrogens with zero attached hydrogens (tertiary/aromatic N) is 6. The first kappa shape index (κ1) is 33.0. The first-order valence-electron chi connectivity index (χ1n) is 14.7. The van der Waals surface area contributed by atoms with Crippen LogP contribution in [0.3, 0.4) is 0 Å². The van der Waals surface area contributed by atoms with Gasteiger partial charge in [0, 0.05) is 80.1 Å². The summed E-state index contributed by atoms with van der Waals surface area (Å²) in [5, 5.41) is 6.45. The number of carbonyl (C=O) groups excluding carboxylic acids is 2. The first-order valence-corrected chi connectivity index (χ1v) is 15.6. The van der Waals surface area contributed by atoms with Crippen molar-refractivity contribution in [3.63, 3.8) is 0 Å². The topological polar surface area (TPSA) is 116 Å². The fourth-order valence-electron chi connectivity index (χ4n) is 5.17. The summed E-state index contributed by atoms with van der Waals surface area (Å²) >= 11 is 0.806. The number of nitrogens with one attached hydrogen (secondary N) is 2. The van der Waals surface area contributed by atoms with Gasteiger partial charge in [0.2, 0.25) is 5.43 Å². The minimum Gasteiger partial charge on any atom is -0.345 e. The van der Waals surface area contributed by atoms with Gasteiger partial charge < -0.3 is 24.6 Å². The molecule has 0 atom stereocenters. The summed E-state index contributed by atoms with van der Waals surface area (Å²) in [4.78, 5) is 53.8. The number of amides is 3. The number of hydrogen-bond donors (Lipinski definition) is 2. The number of fused-ring (bicyclic) bond motifs is 1. The van der Waals surface area contributed by atoms with Gasteiger partial charge >= 0.3 is 12.2 Å². The monoisotopic (exact) mass is 656 g/mol. The number of piperazine rings is 1. The van der Waals surface area contributed by atoms with Crippen LogP contribution in [-0.2, 0) is 12.7 Å². The molecule has 1 fully saturated rings. The van der Waals surface area contributed by atoms with Crippen LogP contribution in [0, 0.1) is 0 Å². The highest BCUT2D eigenvalue weighted by molar-refractivity contribution is 7.13. The number of likely N-dealkylation sites (N-methyl/N-ethyl adjacent to an activating group) is 2. The number of pyridine rings is 2. The first-order chi connectivity index (χ1) is 21.8. The number of urea groups is 1. The molecule has 4 aromatic rings. The van der Waals surface area contributed by atoms with Crippen molar-refractivity contribution in [2.24, 2.45) is 0 Å². The number of alkyl halides is 3. The fraction of sp³-hybridized carbons (Fsp3) is 0.387. The van der Waals surface area contributed by atoms with Crippen molar-refractivity contribution in [3.05, 3.63) is 63.5 Å². The number of aromatic nitrogens is 3. The zero-order valence-corrected chi connectivity index (χ0v) is 26.8. The predicted octanol–water partition coefficient (Wildman–Crippen LogP) is 4.30. The van der Waals surface area contributed by atoms with E-state index in [0.29, 0.717) is 73.4 Å². The Morgan fingerprint density at radius 2 is 1.83 bits per heavy atom. The van der Waals surface area contributed by atoms with Gasteiger partial charge in [0.1, 0.15) is 16.4 Å². The lowest BCUT2D eigenvalue weighted by Crippen LogP contribution is -2.48. The molecule has 46 heavy (non-hydrogen) atoms. The van der Waals surface area contributed by atoms with Crippen LogP contribution in [0.4, 0.5) is 23.8 Å². The molecular weight excluding hydrogens is 621 g/mol. The van der Waals surface area contributed by atoms with Gasteiger partial charge in [-0.25, -0.2) is 14.8 Å². The molecule has 1 aliphatic heterocycles. The second kappa shape index (κ2) is 13.6. The lowest BCUT2D eigenvalue weighted by Gasteiger charge is -2.32. The molecular formula is C31H35F3N8O3S. The molecule has 0 unspecified atom stereocenters. The summed E-state index contributed by atoms with van der Waals surface area (Å²) in [6, 6.07) is 6.09. The smallest absolute Gasteiger partial charge is 0.345 e. The predicted molar refractivity (Wildman–Crippen MR) is 172 cm³/mol. The van der Waals surface area contributed by atoms with Crippen LogP contribution in [0.2, 0.25) is 0 Å². The Bertz CT molecular complexity index is 1810. The number of anilines is 1. The van der Waals surface area contributed by atoms with E-state index in [2.05, 4.69) is 25.5 Å². The molecule has 0 radical (unpaired) electrons. The second-order valence-electron chi connectivity index (χ2n) is 11.3. The third-order valence-corrected chi connectivity index (χ3v) is 8.58. The Balaban J connectivity index is 1.65. The Kier molecular flexibility index (Phi) is 9.74. The summed E-state index contributed by atoms with van der Waals surface area (Å²) < 4.78 is 42.4. The van der Waals surface area contributed by atoms with Crippen molar-refractivity contribution in [1.29, 1.82) is 0 Å². The number of benzene rings is 1. The third kappa shape index (κ3) is 7.21. The van der Waals surface area contributed by atoms with Gasteiger partial charge in [-0.05, 0) is 51.8 Å². The number of thiazole rings is 1. The van der Waals surface area contributed by atoms with Crippen LogP contribution >= 0.6 is 11.3 Å². The van der Waals surface area contributed by atoms with E-state index < -0.39 is 23.3 Å². The fourth-order valence-corrected chi connectivity index (χ4v) is 6.03. The normalized spacial score (nSPS) is 14.2. The average molecular weight is 657 g/mol. The summed E-state index contributed by atoms with van der Waals surface area (Å²) in [6.07, 6.45) is -1.59. The van der Waals surface area contributed by atoms with Gasteiger partial charge in [-0.2, -0.15) is 13.2 Å². The molecule has 5 rings (SSSR count). The molecule has 1 aromatic carbocycles. The Labute approximate surface area is 267 Å². The highest BCUT2D eigenvalue weighted by atomic mass is 32.1. The van der Waals surface area contributed by atoms with E-state index in [1.54, 1.807) is 36.2 Å². The Morgan fingerprint density at radius 3 is 2.48 bits per heavy atom. The summed E-state index contributed by atoms with van der Waals surface area (Å²) in [5.74, 6) is -0.227. The van der Waals surface area contributed by atoms with E-state index in [0.717, 1.165) is 16.7 Å². The molecule has 0 saturated carbocycles. The molecule has 3 amide bonds. The summed E-state index contributed by atoms with van der Waals surface area (Å²) in [6.45, 7) is 5.68. The highest BCUT2D eigenvalue weighted by Crippen LogP contribution is 2.39. The molecule has 1 saturated heterocycles. The maximum absolute atomic E-state index is 14.0. The van der Waals surface area contributed by atoms with E-state index in [-0.39, 0.29) is 22.3 Å². The summed E-state index contributed by atoms with van der Waals surface area (Å²) in [5.41, 5.74) is 0.387. The number of carbonyl (C=O) groups is 2. The van der Waals surface area contributed by atoms with Gasteiger partial charge in [0.05, 0.1) is 5.52 Å². The highest BCUT2D eigenvalue weighted by Gasteiger charge is 2.34. The largest absolute Gasteiger partial charge is 0.434 e. The van der Waals surface area contributed by atoms with E-state index in [1.807, 2.05) is 30.6 Å². The van der Waals surface area contributed by atoms with Crippen LogP contribution in [0.25, 0.3) is 32.6 Å². The van der Waals surface area contributed by atoms with Crippen molar-refractivity contribution in [2.45, 2.75) is 19.6 Å². The van der Waals surface area contributed by atoms with Crippen LogP contribution in [-0.4, -0.2) is 102 Å². The summed E-state index contributed by atoms with van der Waals surface area (Å²) in [7, 11) is 5.84. The Hall–Kier alpha value is -4.34. The van der Waals surface area contributed by atoms with Gasteiger partial charge in [0.25, 0.3) is 5.91 Å². The zero-order valence-electron chi connectivity index (χ0n) is 25.9. The van der Waals surface area contributed by atoms with Crippen molar-refractivity contribution in [1.82, 2.24) is 34.6 Å². The van der Waals surface area contributed by atoms with Crippen LogP contribution < -0.4 is 16.1 Å². The standard InChI is InChI=1S/C31H35F3N8O3S/c1-5-35-30(45)38-26-15-20(28-37-25(18-46-28)31(32,33)34)22(16-36-26)19-6-7-24-21(14-19)27(43)23(17-42(24)11-8-39(2)3)29(44)41-12-9-40(4)10-13-41/h6-7,14-18H,5,8-13H2,1-4H3,(H2,35,36,38,45). The number of rotatable bonds is 8. The lowest BCUT2D eigenvalue weighted by atomic mass is 9.99. The van der Waals surface area contributed by atoms with Gasteiger partial charge in [0.15, 0.2) is 5.69 Å². The van der Waals surface area contributed by atoms with E-state index in [9.17, 15) is 27.6 Å². The molecule has 0 bridgehead atoms. The van der Waals surface area contributed by atoms with E-state index >= 15 is 0 Å². The maximum atomic E-state index is 14.0. The maximum Gasteiger partial charge on any atom is 0.434 e. The third-order valence-electron chi connectivity index (χ3n) is 7.71. The molecule has 3 aromatic heterocycles. The van der Waals surface area contributed by atoms with Crippen LogP contribution in [0.1, 0.15) is 23.0 Å². The minimum absolute atomic E-state index is 0.0579. The van der Waals surface area contributed by atoms with Gasteiger partial charge in [-0.15, -0.1) is 11.3 Å². The van der Waals surface area contributed by atoms with Crippen molar-refractivity contribution >= 4 is 40.0 Å². The van der Waals surface area contributed by atoms with Crippen molar-refractivity contribution in [2.75, 3.05) is 65.7 Å². The molecule has 0 spiro atoms. The molecule has 11 nitrogen and oxygen atoms in total. The van der Waals surface area contributed by atoms with Crippen LogP contribution in [0.5, 0.6) is 0 Å². The number of hydrogen-bond acceptors (Lipinski definition) is 8. The van der Waals surface area contributed by atoms with E-state index in [4.69, 9.17) is 0 Å². The average Bonchev–Trinajstić information content (AvgIpc) is 3.52. The minimum atomic E-state index is -4.64.